The lowest BCUT2D eigenvalue weighted by molar-refractivity contribution is 0.601. The fourth-order valence-corrected chi connectivity index (χ4v) is 9.26. The van der Waals surface area contributed by atoms with Crippen LogP contribution in [0.2, 0.25) is 0 Å². The molecule has 0 spiro atoms. The number of thiophene rings is 1. The Morgan fingerprint density at radius 3 is 1.63 bits per heavy atom. The SMILES string of the molecule is c1ccc(-c2coc3c2ccc2c4cccc(-c5c6ccccc6c(-c6cccc7c6sc6ccccc67)c6ccccc56)c4oc23)cc1. The van der Waals surface area contributed by atoms with Crippen molar-refractivity contribution in [1.29, 1.82) is 0 Å². The predicted octanol–water partition coefficient (Wildman–Crippen LogP) is 14.0. The lowest BCUT2D eigenvalue weighted by Gasteiger charge is -2.18. The van der Waals surface area contributed by atoms with Gasteiger partial charge in [0.1, 0.15) is 5.58 Å². The molecule has 228 valence electrons. The lowest BCUT2D eigenvalue weighted by atomic mass is 9.85. The van der Waals surface area contributed by atoms with Crippen molar-refractivity contribution in [3.8, 4) is 33.4 Å². The molecule has 2 nitrogen and oxygen atoms in total. The number of furan rings is 2. The highest BCUT2D eigenvalue weighted by Crippen LogP contribution is 2.49. The third kappa shape index (κ3) is 3.76. The summed E-state index contributed by atoms with van der Waals surface area (Å²) in [6.07, 6.45) is 1.85. The second-order valence-corrected chi connectivity index (χ2v) is 13.8. The third-order valence-corrected chi connectivity index (χ3v) is 11.4. The van der Waals surface area contributed by atoms with Crippen LogP contribution in [0, 0.1) is 0 Å². The summed E-state index contributed by atoms with van der Waals surface area (Å²) in [5, 5.41) is 10.7. The smallest absolute Gasteiger partial charge is 0.178 e. The molecule has 0 saturated carbocycles. The molecule has 0 aliphatic carbocycles. The van der Waals surface area contributed by atoms with Crippen molar-refractivity contribution in [1.82, 2.24) is 0 Å². The summed E-state index contributed by atoms with van der Waals surface area (Å²) >= 11 is 1.88. The molecule has 11 rings (SSSR count). The van der Waals surface area contributed by atoms with Gasteiger partial charge in [0.05, 0.1) is 6.26 Å². The van der Waals surface area contributed by atoms with Crippen molar-refractivity contribution in [2.24, 2.45) is 0 Å². The normalized spacial score (nSPS) is 12.1. The average molecular weight is 643 g/mol. The van der Waals surface area contributed by atoms with Crippen LogP contribution in [-0.2, 0) is 0 Å². The Labute approximate surface area is 285 Å². The Morgan fingerprint density at radius 1 is 0.347 bits per heavy atom. The summed E-state index contributed by atoms with van der Waals surface area (Å²) in [4.78, 5) is 0. The van der Waals surface area contributed by atoms with Crippen LogP contribution in [-0.4, -0.2) is 0 Å². The molecule has 0 saturated heterocycles. The topological polar surface area (TPSA) is 26.3 Å². The number of para-hydroxylation sites is 1. The molecule has 3 heteroatoms. The summed E-state index contributed by atoms with van der Waals surface area (Å²) in [7, 11) is 0. The first-order valence-electron chi connectivity index (χ1n) is 16.6. The van der Waals surface area contributed by atoms with E-state index in [1.54, 1.807) is 0 Å². The van der Waals surface area contributed by atoms with E-state index in [9.17, 15) is 0 Å². The zero-order chi connectivity index (χ0) is 32.1. The van der Waals surface area contributed by atoms with Gasteiger partial charge in [0.15, 0.2) is 11.2 Å². The maximum absolute atomic E-state index is 6.91. The summed E-state index contributed by atoms with van der Waals surface area (Å²) in [6.45, 7) is 0. The molecule has 8 aromatic carbocycles. The van der Waals surface area contributed by atoms with Crippen molar-refractivity contribution in [2.45, 2.75) is 0 Å². The van der Waals surface area contributed by atoms with E-state index < -0.39 is 0 Å². The molecule has 0 aliphatic heterocycles. The van der Waals surface area contributed by atoms with Crippen molar-refractivity contribution >= 4 is 86.0 Å². The summed E-state index contributed by atoms with van der Waals surface area (Å²) in [6, 6.07) is 54.5. The van der Waals surface area contributed by atoms with E-state index in [1.807, 2.05) is 23.7 Å². The fourth-order valence-electron chi connectivity index (χ4n) is 8.04. The van der Waals surface area contributed by atoms with Gasteiger partial charge in [-0.15, -0.1) is 11.3 Å². The minimum Gasteiger partial charge on any atom is -0.460 e. The maximum Gasteiger partial charge on any atom is 0.178 e. The molecule has 11 aromatic rings. The van der Waals surface area contributed by atoms with Gasteiger partial charge in [-0.3, -0.25) is 0 Å². The summed E-state index contributed by atoms with van der Waals surface area (Å²) in [5.74, 6) is 0. The van der Waals surface area contributed by atoms with Gasteiger partial charge in [-0.25, -0.2) is 0 Å². The van der Waals surface area contributed by atoms with Gasteiger partial charge < -0.3 is 8.83 Å². The molecule has 0 fully saturated rings. The second kappa shape index (κ2) is 10.2. The Bertz CT molecular complexity index is 3050. The number of hydrogen-bond donors (Lipinski definition) is 0. The van der Waals surface area contributed by atoms with Crippen molar-refractivity contribution in [3.05, 3.63) is 158 Å². The van der Waals surface area contributed by atoms with E-state index in [-0.39, 0.29) is 0 Å². The van der Waals surface area contributed by atoms with Crippen LogP contribution in [0.4, 0.5) is 0 Å². The Morgan fingerprint density at radius 2 is 0.898 bits per heavy atom. The molecule has 0 bridgehead atoms. The first-order chi connectivity index (χ1) is 24.3. The highest BCUT2D eigenvalue weighted by Gasteiger charge is 2.23. The number of rotatable bonds is 3. The molecule has 0 aliphatic rings. The van der Waals surface area contributed by atoms with Crippen LogP contribution >= 0.6 is 11.3 Å². The van der Waals surface area contributed by atoms with Crippen molar-refractivity contribution in [3.63, 3.8) is 0 Å². The third-order valence-electron chi connectivity index (χ3n) is 10.2. The lowest BCUT2D eigenvalue weighted by Crippen LogP contribution is -1.91. The highest BCUT2D eigenvalue weighted by atomic mass is 32.1. The zero-order valence-corrected chi connectivity index (χ0v) is 27.1. The van der Waals surface area contributed by atoms with E-state index in [0.29, 0.717) is 0 Å². The van der Waals surface area contributed by atoms with Crippen LogP contribution < -0.4 is 0 Å². The molecule has 0 unspecified atom stereocenters. The Hall–Kier alpha value is -6.16. The van der Waals surface area contributed by atoms with Gasteiger partial charge in [0, 0.05) is 58.6 Å². The van der Waals surface area contributed by atoms with Gasteiger partial charge in [0.2, 0.25) is 0 Å². The molecule has 0 N–H and O–H groups in total. The second-order valence-electron chi connectivity index (χ2n) is 12.7. The average Bonchev–Trinajstić information content (AvgIpc) is 3.88. The van der Waals surface area contributed by atoms with Gasteiger partial charge in [-0.2, -0.15) is 0 Å². The van der Waals surface area contributed by atoms with Crippen LogP contribution in [0.1, 0.15) is 0 Å². The van der Waals surface area contributed by atoms with E-state index in [0.717, 1.165) is 49.6 Å². The van der Waals surface area contributed by atoms with Gasteiger partial charge >= 0.3 is 0 Å². The van der Waals surface area contributed by atoms with Crippen LogP contribution in [0.25, 0.3) is 108 Å². The van der Waals surface area contributed by atoms with Gasteiger partial charge in [-0.1, -0.05) is 133 Å². The Balaban J connectivity index is 1.22. The monoisotopic (exact) mass is 642 g/mol. The molecule has 0 amide bonds. The fraction of sp³-hybridized carbons (Fsp3) is 0. The van der Waals surface area contributed by atoms with Crippen LogP contribution in [0.3, 0.4) is 0 Å². The molecular weight excluding hydrogens is 617 g/mol. The van der Waals surface area contributed by atoms with E-state index in [1.165, 1.54) is 58.4 Å². The quantitative estimate of drug-likeness (QED) is 0.179. The maximum atomic E-state index is 6.91. The minimum absolute atomic E-state index is 0.778. The standard InChI is InChI=1S/C46H26O2S/c1-2-12-27(13-3-1)39-26-47-44-35(39)25-24-34-33-19-10-21-37(43(33)48-45(34)44)41-29-15-4-6-17-31(29)42(32-18-7-5-16-30(32)41)38-22-11-20-36-28-14-8-9-23-40(28)49-46(36)38/h1-26H. The van der Waals surface area contributed by atoms with Crippen molar-refractivity contribution in [2.75, 3.05) is 0 Å². The van der Waals surface area contributed by atoms with Gasteiger partial charge in [-0.05, 0) is 50.9 Å². The summed E-state index contributed by atoms with van der Waals surface area (Å²) < 4.78 is 15.8. The first kappa shape index (κ1) is 26.9. The van der Waals surface area contributed by atoms with Crippen LogP contribution in [0.5, 0.6) is 0 Å². The number of fused-ring (bicyclic) bond motifs is 10. The molecule has 0 atom stereocenters. The van der Waals surface area contributed by atoms with E-state index in [4.69, 9.17) is 8.83 Å². The summed E-state index contributed by atoms with van der Waals surface area (Å²) in [5.41, 5.74) is 9.44. The van der Waals surface area contributed by atoms with Gasteiger partial charge in [0.25, 0.3) is 0 Å². The molecular formula is C46H26O2S. The van der Waals surface area contributed by atoms with Crippen LogP contribution in [0.15, 0.2) is 167 Å². The largest absolute Gasteiger partial charge is 0.460 e. The molecule has 3 heterocycles. The van der Waals surface area contributed by atoms with Crippen molar-refractivity contribution < 1.29 is 8.83 Å². The first-order valence-corrected chi connectivity index (χ1v) is 17.4. The van der Waals surface area contributed by atoms with E-state index in [2.05, 4.69) is 146 Å². The molecule has 0 radical (unpaired) electrons. The Kier molecular flexibility index (Phi) is 5.57. The minimum atomic E-state index is 0.778. The predicted molar refractivity (Wildman–Crippen MR) is 208 cm³/mol. The number of hydrogen-bond acceptors (Lipinski definition) is 3. The zero-order valence-electron chi connectivity index (χ0n) is 26.2. The molecule has 49 heavy (non-hydrogen) atoms. The van der Waals surface area contributed by atoms with E-state index >= 15 is 0 Å². The number of benzene rings is 8. The molecule has 3 aromatic heterocycles. The highest BCUT2D eigenvalue weighted by molar-refractivity contribution is 7.26.